The van der Waals surface area contributed by atoms with E-state index in [2.05, 4.69) is 10.6 Å². The van der Waals surface area contributed by atoms with Gasteiger partial charge in [-0.25, -0.2) is 0 Å². The number of halogens is 2. The van der Waals surface area contributed by atoms with Crippen LogP contribution < -0.4 is 20.1 Å². The van der Waals surface area contributed by atoms with E-state index in [1.165, 1.54) is 0 Å². The highest BCUT2D eigenvalue weighted by Crippen LogP contribution is 2.36. The number of nitrogens with one attached hydrogen (secondary N) is 2. The molecule has 5 nitrogen and oxygen atoms in total. The summed E-state index contributed by atoms with van der Waals surface area (Å²) in [5.74, 6) is 1.09. The molecule has 120 valence electrons. The zero-order valence-corrected chi connectivity index (χ0v) is 14.1. The van der Waals surface area contributed by atoms with E-state index in [1.54, 1.807) is 13.2 Å². The summed E-state index contributed by atoms with van der Waals surface area (Å²) < 4.78 is 10.7. The minimum atomic E-state index is -0.0108. The van der Waals surface area contributed by atoms with Crippen LogP contribution >= 0.6 is 24.0 Å². The highest BCUT2D eigenvalue weighted by Gasteiger charge is 2.12. The van der Waals surface area contributed by atoms with E-state index in [-0.39, 0.29) is 18.3 Å². The number of methoxy groups -OCH3 is 1. The summed E-state index contributed by atoms with van der Waals surface area (Å²) >= 11 is 6.16. The second kappa shape index (κ2) is 10.5. The molecule has 0 aliphatic carbocycles. The smallest absolute Gasteiger partial charge is 0.221 e. The molecule has 0 aliphatic rings. The minimum absolute atomic E-state index is 0. The molecular weight excluding hydrogens is 315 g/mol. The molecular formula is C14H22Cl2N2O3. The fourth-order valence-electron chi connectivity index (χ4n) is 1.69. The Hall–Kier alpha value is -1.17. The molecule has 0 unspecified atom stereocenters. The lowest BCUT2D eigenvalue weighted by molar-refractivity contribution is -0.121. The summed E-state index contributed by atoms with van der Waals surface area (Å²) in [6.07, 6.45) is 0.443. The van der Waals surface area contributed by atoms with Crippen molar-refractivity contribution < 1.29 is 14.3 Å². The monoisotopic (exact) mass is 336 g/mol. The van der Waals surface area contributed by atoms with Gasteiger partial charge < -0.3 is 20.1 Å². The van der Waals surface area contributed by atoms with Crippen LogP contribution in [0.15, 0.2) is 12.1 Å². The Kier molecular flexibility index (Phi) is 9.95. The average molecular weight is 337 g/mol. The second-order valence-corrected chi connectivity index (χ2v) is 4.58. The first-order valence-electron chi connectivity index (χ1n) is 6.52. The molecule has 0 atom stereocenters. The van der Waals surface area contributed by atoms with Crippen LogP contribution in [0.1, 0.15) is 18.9 Å². The average Bonchev–Trinajstić information content (AvgIpc) is 2.45. The number of carbonyl (C=O) groups is 1. The van der Waals surface area contributed by atoms with Crippen LogP contribution in [0.4, 0.5) is 0 Å². The molecule has 2 N–H and O–H groups in total. The summed E-state index contributed by atoms with van der Waals surface area (Å²) in [7, 11) is 3.37. The number of amides is 1. The topological polar surface area (TPSA) is 59.6 Å². The van der Waals surface area contributed by atoms with Gasteiger partial charge >= 0.3 is 0 Å². The molecule has 1 rings (SSSR count). The molecule has 0 aromatic heterocycles. The summed E-state index contributed by atoms with van der Waals surface area (Å²) in [5, 5.41) is 6.23. The Labute approximate surface area is 136 Å². The van der Waals surface area contributed by atoms with E-state index in [1.807, 2.05) is 20.0 Å². The molecule has 7 heteroatoms. The van der Waals surface area contributed by atoms with Crippen LogP contribution in [0.5, 0.6) is 11.5 Å². The lowest BCUT2D eigenvalue weighted by Crippen LogP contribution is -2.26. The lowest BCUT2D eigenvalue weighted by atomic mass is 10.2. The highest BCUT2D eigenvalue weighted by molar-refractivity contribution is 6.32. The molecule has 0 spiro atoms. The van der Waals surface area contributed by atoms with Crippen molar-refractivity contribution in [3.8, 4) is 11.5 Å². The zero-order chi connectivity index (χ0) is 15.0. The van der Waals surface area contributed by atoms with Crippen molar-refractivity contribution >= 4 is 29.9 Å². The highest BCUT2D eigenvalue weighted by atomic mass is 35.5. The summed E-state index contributed by atoms with van der Waals surface area (Å²) in [4.78, 5) is 11.5. The van der Waals surface area contributed by atoms with Crippen LogP contribution in [0.2, 0.25) is 5.02 Å². The molecule has 0 bridgehead atoms. The van der Waals surface area contributed by atoms with Crippen molar-refractivity contribution in [2.75, 3.05) is 27.3 Å². The molecule has 0 radical (unpaired) electrons. The Morgan fingerprint density at radius 1 is 1.38 bits per heavy atom. The van der Waals surface area contributed by atoms with Gasteiger partial charge in [-0.15, -0.1) is 12.4 Å². The number of benzene rings is 1. The Morgan fingerprint density at radius 3 is 2.67 bits per heavy atom. The number of hydrogen-bond donors (Lipinski definition) is 2. The third-order valence-corrected chi connectivity index (χ3v) is 2.95. The number of ether oxygens (including phenoxy) is 2. The van der Waals surface area contributed by atoms with Gasteiger partial charge in [0.25, 0.3) is 0 Å². The van der Waals surface area contributed by atoms with Gasteiger partial charge in [0.05, 0.1) is 18.7 Å². The first-order chi connectivity index (χ1) is 9.62. The Balaban J connectivity index is 0.00000400. The van der Waals surface area contributed by atoms with Crippen molar-refractivity contribution in [2.45, 2.75) is 19.9 Å². The molecule has 1 aromatic carbocycles. The third kappa shape index (κ3) is 6.42. The van der Waals surface area contributed by atoms with Gasteiger partial charge in [-0.05, 0) is 31.7 Å². The van der Waals surface area contributed by atoms with E-state index < -0.39 is 0 Å². The van der Waals surface area contributed by atoms with Crippen LogP contribution in [0.25, 0.3) is 0 Å². The molecule has 0 saturated carbocycles. The van der Waals surface area contributed by atoms with Crippen LogP contribution in [-0.4, -0.2) is 33.2 Å². The first kappa shape index (κ1) is 19.8. The summed E-state index contributed by atoms with van der Waals surface area (Å²) in [5.41, 5.74) is 0.869. The fraction of sp³-hybridized carbons (Fsp3) is 0.500. The number of rotatable bonds is 8. The van der Waals surface area contributed by atoms with Gasteiger partial charge in [-0.1, -0.05) is 11.6 Å². The van der Waals surface area contributed by atoms with Gasteiger partial charge in [0, 0.05) is 19.5 Å². The van der Waals surface area contributed by atoms with Crippen LogP contribution in [0.3, 0.4) is 0 Å². The van der Waals surface area contributed by atoms with E-state index in [4.69, 9.17) is 21.1 Å². The Bertz CT molecular complexity index is 456. The molecule has 0 fully saturated rings. The molecule has 0 heterocycles. The lowest BCUT2D eigenvalue weighted by Gasteiger charge is -2.13. The van der Waals surface area contributed by atoms with Crippen LogP contribution in [-0.2, 0) is 11.3 Å². The normalized spacial score (nSPS) is 9.71. The van der Waals surface area contributed by atoms with Crippen LogP contribution in [0, 0.1) is 0 Å². The fourth-order valence-corrected chi connectivity index (χ4v) is 1.98. The van der Waals surface area contributed by atoms with Gasteiger partial charge in [-0.3, -0.25) is 4.79 Å². The zero-order valence-electron chi connectivity index (χ0n) is 12.5. The van der Waals surface area contributed by atoms with Crippen molar-refractivity contribution in [1.82, 2.24) is 10.6 Å². The van der Waals surface area contributed by atoms with Crippen molar-refractivity contribution in [2.24, 2.45) is 0 Å². The molecule has 0 saturated heterocycles. The van der Waals surface area contributed by atoms with Gasteiger partial charge in [-0.2, -0.15) is 0 Å². The minimum Gasteiger partial charge on any atom is -0.493 e. The molecule has 21 heavy (non-hydrogen) atoms. The predicted octanol–water partition coefficient (Wildman–Crippen LogP) is 2.39. The SMILES string of the molecule is CCOc1c(Cl)cc(CNC(=O)CCNC)cc1OC.Cl. The van der Waals surface area contributed by atoms with E-state index in [0.29, 0.717) is 42.6 Å². The largest absolute Gasteiger partial charge is 0.493 e. The number of hydrogen-bond acceptors (Lipinski definition) is 4. The maximum Gasteiger partial charge on any atom is 0.221 e. The van der Waals surface area contributed by atoms with Gasteiger partial charge in [0.15, 0.2) is 11.5 Å². The molecule has 0 aliphatic heterocycles. The van der Waals surface area contributed by atoms with Crippen molar-refractivity contribution in [1.29, 1.82) is 0 Å². The van der Waals surface area contributed by atoms with E-state index in [9.17, 15) is 4.79 Å². The Morgan fingerprint density at radius 2 is 2.10 bits per heavy atom. The molecule has 1 amide bonds. The summed E-state index contributed by atoms with van der Waals surface area (Å²) in [6.45, 7) is 3.45. The van der Waals surface area contributed by atoms with E-state index >= 15 is 0 Å². The van der Waals surface area contributed by atoms with Crippen molar-refractivity contribution in [3.05, 3.63) is 22.7 Å². The quantitative estimate of drug-likeness (QED) is 0.765. The third-order valence-electron chi connectivity index (χ3n) is 2.67. The standard InChI is InChI=1S/C14H21ClN2O3.ClH/c1-4-20-14-11(15)7-10(8-12(14)19-3)9-17-13(18)5-6-16-2;/h7-8,16H,4-6,9H2,1-3H3,(H,17,18);1H. The second-order valence-electron chi connectivity index (χ2n) is 4.17. The molecule has 1 aromatic rings. The van der Waals surface area contributed by atoms with Crippen molar-refractivity contribution in [3.63, 3.8) is 0 Å². The number of carbonyl (C=O) groups excluding carboxylic acids is 1. The van der Waals surface area contributed by atoms with Gasteiger partial charge in [0.2, 0.25) is 5.91 Å². The van der Waals surface area contributed by atoms with E-state index in [0.717, 1.165) is 5.56 Å². The predicted molar refractivity (Wildman–Crippen MR) is 86.8 cm³/mol. The maximum absolute atomic E-state index is 11.5. The summed E-state index contributed by atoms with van der Waals surface area (Å²) in [6, 6.07) is 3.59. The maximum atomic E-state index is 11.5. The van der Waals surface area contributed by atoms with Gasteiger partial charge in [0.1, 0.15) is 0 Å². The first-order valence-corrected chi connectivity index (χ1v) is 6.90.